The van der Waals surface area contributed by atoms with Crippen LogP contribution in [0.4, 0.5) is 0 Å². The summed E-state index contributed by atoms with van der Waals surface area (Å²) in [5.74, 6) is 0.392. The third-order valence-corrected chi connectivity index (χ3v) is 3.67. The fourth-order valence-electron chi connectivity index (χ4n) is 1.31. The van der Waals surface area contributed by atoms with Crippen LogP contribution in [0.25, 0.3) is 0 Å². The Labute approximate surface area is 125 Å². The molecule has 18 heavy (non-hydrogen) atoms. The van der Waals surface area contributed by atoms with E-state index in [2.05, 4.69) is 15.9 Å². The molecule has 100 valence electrons. The van der Waals surface area contributed by atoms with E-state index < -0.39 is 0 Å². The van der Waals surface area contributed by atoms with Gasteiger partial charge in [0.25, 0.3) is 5.91 Å². The summed E-state index contributed by atoms with van der Waals surface area (Å²) in [6.07, 6.45) is 0. The molecule has 6 heteroatoms. The van der Waals surface area contributed by atoms with Crippen LogP contribution in [0.3, 0.4) is 0 Å². The average Bonchev–Trinajstić information content (AvgIpc) is 2.37. The molecule has 0 saturated carbocycles. The summed E-state index contributed by atoms with van der Waals surface area (Å²) in [6.45, 7) is 1.50. The lowest BCUT2D eigenvalue weighted by Crippen LogP contribution is -2.30. The van der Waals surface area contributed by atoms with Crippen molar-refractivity contribution in [2.24, 2.45) is 0 Å². The first kappa shape index (κ1) is 15.8. The zero-order valence-electron chi connectivity index (χ0n) is 9.96. The number of hydrogen-bond donors (Lipinski definition) is 0. The molecule has 0 atom stereocenters. The normalized spacial score (nSPS) is 10.4. The second kappa shape index (κ2) is 8.00. The number of ether oxygens (including phenoxy) is 1. The zero-order valence-corrected chi connectivity index (χ0v) is 13.1. The van der Waals surface area contributed by atoms with E-state index in [1.165, 1.54) is 0 Å². The molecule has 0 N–H and O–H groups in total. The van der Waals surface area contributed by atoms with Crippen molar-refractivity contribution >= 4 is 45.0 Å². The summed E-state index contributed by atoms with van der Waals surface area (Å²) in [6, 6.07) is 5.10. The molecule has 0 fully saturated rings. The predicted molar refractivity (Wildman–Crippen MR) is 77.7 cm³/mol. The highest BCUT2D eigenvalue weighted by molar-refractivity contribution is 9.10. The molecular weight excluding hydrogens is 341 g/mol. The van der Waals surface area contributed by atoms with E-state index in [-0.39, 0.29) is 5.91 Å². The topological polar surface area (TPSA) is 29.5 Å². The van der Waals surface area contributed by atoms with Crippen molar-refractivity contribution < 1.29 is 9.53 Å². The minimum Gasteiger partial charge on any atom is -0.378 e. The largest absolute Gasteiger partial charge is 0.378 e. The van der Waals surface area contributed by atoms with Crippen LogP contribution in [0.15, 0.2) is 22.7 Å². The molecule has 0 spiro atoms. The van der Waals surface area contributed by atoms with E-state index in [0.29, 0.717) is 40.7 Å². The fraction of sp³-hybridized carbons (Fsp3) is 0.417. The number of benzene rings is 1. The molecule has 1 aromatic carbocycles. The highest BCUT2D eigenvalue weighted by Gasteiger charge is 2.12. The number of carbonyl (C=O) groups excluding carboxylic acids is 1. The van der Waals surface area contributed by atoms with Crippen LogP contribution < -0.4 is 0 Å². The van der Waals surface area contributed by atoms with E-state index in [9.17, 15) is 4.79 Å². The number of carbonyl (C=O) groups is 1. The quantitative estimate of drug-likeness (QED) is 0.578. The lowest BCUT2D eigenvalue weighted by atomic mass is 10.2. The van der Waals surface area contributed by atoms with Crippen LogP contribution in [-0.4, -0.2) is 43.5 Å². The van der Waals surface area contributed by atoms with Gasteiger partial charge in [0.2, 0.25) is 0 Å². The molecule has 0 heterocycles. The van der Waals surface area contributed by atoms with Crippen LogP contribution in [0, 0.1) is 0 Å². The summed E-state index contributed by atoms with van der Waals surface area (Å²) in [5, 5.41) is 0.583. The van der Waals surface area contributed by atoms with Gasteiger partial charge in [0.15, 0.2) is 0 Å². The second-order valence-corrected chi connectivity index (χ2v) is 5.30. The Morgan fingerprint density at radius 3 is 2.78 bits per heavy atom. The Bertz CT molecular complexity index is 415. The summed E-state index contributed by atoms with van der Waals surface area (Å²) in [5.41, 5.74) is 0.589. The smallest absolute Gasteiger partial charge is 0.253 e. The van der Waals surface area contributed by atoms with Crippen molar-refractivity contribution in [3.05, 3.63) is 33.3 Å². The van der Waals surface area contributed by atoms with Gasteiger partial charge in [0.1, 0.15) is 0 Å². The minimum absolute atomic E-state index is 0.0677. The first-order valence-corrected chi connectivity index (χ1v) is 7.11. The number of alkyl halides is 1. The molecule has 0 aliphatic carbocycles. The van der Waals surface area contributed by atoms with Crippen molar-refractivity contribution in [2.45, 2.75) is 0 Å². The van der Waals surface area contributed by atoms with Gasteiger partial charge in [0, 0.05) is 29.5 Å². The van der Waals surface area contributed by atoms with Gasteiger partial charge in [-0.25, -0.2) is 0 Å². The predicted octanol–water partition coefficient (Wildman–Crippen LogP) is 3.43. The van der Waals surface area contributed by atoms with E-state index in [0.717, 1.165) is 0 Å². The monoisotopic (exact) mass is 353 g/mol. The SMILES string of the molecule is CN(CCOCCCl)C(=O)c1ccc(Cl)c(Br)c1. The Hall–Kier alpha value is -0.290. The molecule has 1 rings (SSSR count). The summed E-state index contributed by atoms with van der Waals surface area (Å²) in [7, 11) is 1.73. The van der Waals surface area contributed by atoms with Crippen LogP contribution in [0.1, 0.15) is 10.4 Å². The van der Waals surface area contributed by atoms with Crippen molar-refractivity contribution in [2.75, 3.05) is 32.7 Å². The van der Waals surface area contributed by atoms with Gasteiger partial charge >= 0.3 is 0 Å². The van der Waals surface area contributed by atoms with Crippen LogP contribution in [-0.2, 0) is 4.74 Å². The lowest BCUT2D eigenvalue weighted by Gasteiger charge is -2.17. The van der Waals surface area contributed by atoms with Gasteiger partial charge in [-0.2, -0.15) is 0 Å². The highest BCUT2D eigenvalue weighted by Crippen LogP contribution is 2.23. The molecule has 0 radical (unpaired) electrons. The van der Waals surface area contributed by atoms with Gasteiger partial charge in [-0.3, -0.25) is 4.79 Å². The molecule has 0 aliphatic rings. The summed E-state index contributed by atoms with van der Waals surface area (Å²) >= 11 is 14.7. The molecule has 1 aromatic rings. The van der Waals surface area contributed by atoms with E-state index in [4.69, 9.17) is 27.9 Å². The summed E-state index contributed by atoms with van der Waals surface area (Å²) < 4.78 is 5.94. The maximum absolute atomic E-state index is 12.1. The van der Waals surface area contributed by atoms with Crippen molar-refractivity contribution in [3.8, 4) is 0 Å². The molecule has 0 aromatic heterocycles. The number of nitrogens with zero attached hydrogens (tertiary/aromatic N) is 1. The molecule has 0 bridgehead atoms. The van der Waals surface area contributed by atoms with Crippen molar-refractivity contribution in [1.29, 1.82) is 0 Å². The molecule has 0 unspecified atom stereocenters. The van der Waals surface area contributed by atoms with Crippen LogP contribution in [0.5, 0.6) is 0 Å². The third-order valence-electron chi connectivity index (χ3n) is 2.31. The zero-order chi connectivity index (χ0) is 13.5. The Morgan fingerprint density at radius 2 is 2.17 bits per heavy atom. The molecule has 1 amide bonds. The van der Waals surface area contributed by atoms with E-state index >= 15 is 0 Å². The van der Waals surface area contributed by atoms with E-state index in [1.807, 2.05) is 0 Å². The fourth-order valence-corrected chi connectivity index (χ4v) is 1.91. The standard InChI is InChI=1S/C12H14BrCl2NO2/c1-16(5-7-18-6-4-14)12(17)9-2-3-11(15)10(13)8-9/h2-3,8H,4-7H2,1H3. The molecular formula is C12H14BrCl2NO2. The minimum atomic E-state index is -0.0677. The van der Waals surface area contributed by atoms with Crippen molar-refractivity contribution in [3.63, 3.8) is 0 Å². The van der Waals surface area contributed by atoms with Crippen LogP contribution >= 0.6 is 39.1 Å². The Balaban J connectivity index is 2.54. The number of rotatable bonds is 6. The van der Waals surface area contributed by atoms with Gasteiger partial charge in [-0.1, -0.05) is 11.6 Å². The highest BCUT2D eigenvalue weighted by atomic mass is 79.9. The van der Waals surface area contributed by atoms with Gasteiger partial charge in [-0.05, 0) is 34.1 Å². The number of likely N-dealkylation sites (N-methyl/N-ethyl adjacent to an activating group) is 1. The van der Waals surface area contributed by atoms with Gasteiger partial charge < -0.3 is 9.64 Å². The van der Waals surface area contributed by atoms with Crippen LogP contribution in [0.2, 0.25) is 5.02 Å². The van der Waals surface area contributed by atoms with Gasteiger partial charge in [-0.15, -0.1) is 11.6 Å². The Morgan fingerprint density at radius 1 is 1.44 bits per heavy atom. The number of hydrogen-bond acceptors (Lipinski definition) is 2. The van der Waals surface area contributed by atoms with E-state index in [1.54, 1.807) is 30.1 Å². The maximum atomic E-state index is 12.1. The number of amides is 1. The first-order chi connectivity index (χ1) is 8.56. The third kappa shape index (κ3) is 4.76. The first-order valence-electron chi connectivity index (χ1n) is 5.40. The average molecular weight is 355 g/mol. The molecule has 3 nitrogen and oxygen atoms in total. The molecule has 0 saturated heterocycles. The second-order valence-electron chi connectivity index (χ2n) is 3.66. The summed E-state index contributed by atoms with van der Waals surface area (Å²) in [4.78, 5) is 13.7. The lowest BCUT2D eigenvalue weighted by molar-refractivity contribution is 0.0712. The number of halogens is 3. The maximum Gasteiger partial charge on any atom is 0.253 e. The Kier molecular flexibility index (Phi) is 7.00. The van der Waals surface area contributed by atoms with Crippen molar-refractivity contribution in [1.82, 2.24) is 4.90 Å². The van der Waals surface area contributed by atoms with Gasteiger partial charge in [0.05, 0.1) is 18.2 Å². The molecule has 0 aliphatic heterocycles.